The molecule has 0 amide bonds. The summed E-state index contributed by atoms with van der Waals surface area (Å²) >= 11 is 0. The summed E-state index contributed by atoms with van der Waals surface area (Å²) in [5.74, 6) is -0.164. The molecule has 104 valence electrons. The van der Waals surface area contributed by atoms with Crippen molar-refractivity contribution in [2.24, 2.45) is 0 Å². The number of carbonyl (C=O) groups excluding carboxylic acids is 1. The Hall–Kier alpha value is -0.870. The van der Waals surface area contributed by atoms with Crippen molar-refractivity contribution in [1.82, 2.24) is 0 Å². The fourth-order valence-corrected chi connectivity index (χ4v) is 3.70. The molecular weight excluding hydrogens is 244 g/mol. The first kappa shape index (κ1) is 11.9. The lowest BCUT2D eigenvalue weighted by Gasteiger charge is -2.18. The van der Waals surface area contributed by atoms with E-state index in [-0.39, 0.29) is 29.4 Å². The van der Waals surface area contributed by atoms with Crippen molar-refractivity contribution in [3.8, 4) is 0 Å². The minimum atomic E-state index is -0.164. The van der Waals surface area contributed by atoms with Gasteiger partial charge in [0.15, 0.2) is 0 Å². The molecule has 0 bridgehead atoms. The van der Waals surface area contributed by atoms with E-state index >= 15 is 0 Å². The van der Waals surface area contributed by atoms with Gasteiger partial charge in [0, 0.05) is 18.4 Å². The number of fused-ring (bicyclic) bond motifs is 3. The summed E-state index contributed by atoms with van der Waals surface area (Å²) in [4.78, 5) is 11.8. The molecule has 3 heterocycles. The van der Waals surface area contributed by atoms with Crippen LogP contribution in [0.1, 0.15) is 46.5 Å². The van der Waals surface area contributed by atoms with Gasteiger partial charge in [-0.1, -0.05) is 0 Å². The van der Waals surface area contributed by atoms with Crippen LogP contribution in [0.3, 0.4) is 0 Å². The fraction of sp³-hybridized carbons (Fsp3) is 0.800. The molecule has 3 aliphatic heterocycles. The van der Waals surface area contributed by atoms with E-state index in [9.17, 15) is 4.79 Å². The third kappa shape index (κ3) is 1.69. The lowest BCUT2D eigenvalue weighted by atomic mass is 9.85. The quantitative estimate of drug-likeness (QED) is 0.497. The van der Waals surface area contributed by atoms with Crippen molar-refractivity contribution < 1.29 is 19.0 Å². The molecule has 0 N–H and O–H groups in total. The van der Waals surface area contributed by atoms with Gasteiger partial charge < -0.3 is 14.2 Å². The van der Waals surface area contributed by atoms with E-state index in [1.807, 2.05) is 6.92 Å². The predicted molar refractivity (Wildman–Crippen MR) is 67.6 cm³/mol. The first-order valence-electron chi connectivity index (χ1n) is 7.18. The highest BCUT2D eigenvalue weighted by molar-refractivity contribution is 5.91. The fourth-order valence-electron chi connectivity index (χ4n) is 3.70. The number of epoxide rings is 2. The summed E-state index contributed by atoms with van der Waals surface area (Å²) in [5.41, 5.74) is 1.78. The second-order valence-corrected chi connectivity index (χ2v) is 6.83. The number of ether oxygens (including phenoxy) is 3. The number of hydrogen-bond acceptors (Lipinski definition) is 4. The van der Waals surface area contributed by atoms with Crippen LogP contribution < -0.4 is 0 Å². The Bertz CT molecular complexity index is 496. The van der Waals surface area contributed by atoms with Gasteiger partial charge >= 0.3 is 5.97 Å². The minimum absolute atomic E-state index is 0.0202. The van der Waals surface area contributed by atoms with Crippen LogP contribution in [0, 0.1) is 0 Å². The molecule has 4 heteroatoms. The SMILES string of the molecule is CC1=C2C[C@@H]3O[C@@]3(C)CC[C@H]3O[C@@]3(C)C[C@@H]2OC1=O. The second kappa shape index (κ2) is 3.41. The first-order valence-corrected chi connectivity index (χ1v) is 7.18. The van der Waals surface area contributed by atoms with E-state index in [2.05, 4.69) is 13.8 Å². The van der Waals surface area contributed by atoms with Crippen molar-refractivity contribution in [3.63, 3.8) is 0 Å². The monoisotopic (exact) mass is 264 g/mol. The Morgan fingerprint density at radius 1 is 1.16 bits per heavy atom. The van der Waals surface area contributed by atoms with Crippen LogP contribution in [0.2, 0.25) is 0 Å². The van der Waals surface area contributed by atoms with Gasteiger partial charge in [-0.05, 0) is 39.2 Å². The molecule has 19 heavy (non-hydrogen) atoms. The van der Waals surface area contributed by atoms with Crippen LogP contribution in [-0.4, -0.2) is 35.5 Å². The highest BCUT2D eigenvalue weighted by Crippen LogP contribution is 2.53. The molecule has 0 aromatic rings. The molecule has 0 spiro atoms. The number of esters is 1. The Labute approximate surface area is 113 Å². The number of rotatable bonds is 0. The zero-order valence-electron chi connectivity index (χ0n) is 11.7. The largest absolute Gasteiger partial charge is 0.454 e. The summed E-state index contributed by atoms with van der Waals surface area (Å²) in [6, 6.07) is 0. The van der Waals surface area contributed by atoms with Crippen molar-refractivity contribution in [1.29, 1.82) is 0 Å². The van der Waals surface area contributed by atoms with Crippen molar-refractivity contribution in [2.45, 2.75) is 76.0 Å². The molecule has 3 fully saturated rings. The lowest BCUT2D eigenvalue weighted by molar-refractivity contribution is -0.140. The van der Waals surface area contributed by atoms with Crippen LogP contribution in [-0.2, 0) is 19.0 Å². The van der Waals surface area contributed by atoms with Crippen LogP contribution in [0.25, 0.3) is 0 Å². The Kier molecular flexibility index (Phi) is 2.14. The van der Waals surface area contributed by atoms with Crippen molar-refractivity contribution in [3.05, 3.63) is 11.1 Å². The summed E-state index contributed by atoms with van der Waals surface area (Å²) in [6.45, 7) is 6.17. The van der Waals surface area contributed by atoms with Crippen LogP contribution in [0.4, 0.5) is 0 Å². The Balaban J connectivity index is 1.66. The third-order valence-corrected chi connectivity index (χ3v) is 5.40. The highest BCUT2D eigenvalue weighted by atomic mass is 16.6. The van der Waals surface area contributed by atoms with Gasteiger partial charge in [0.25, 0.3) is 0 Å². The van der Waals surface area contributed by atoms with E-state index in [1.54, 1.807) is 0 Å². The van der Waals surface area contributed by atoms with E-state index in [0.29, 0.717) is 6.10 Å². The Morgan fingerprint density at radius 2 is 1.89 bits per heavy atom. The van der Waals surface area contributed by atoms with Gasteiger partial charge in [0.05, 0.1) is 23.4 Å². The summed E-state index contributed by atoms with van der Waals surface area (Å²) in [6.07, 6.45) is 4.16. The Morgan fingerprint density at radius 3 is 2.68 bits per heavy atom. The van der Waals surface area contributed by atoms with Gasteiger partial charge in [0.1, 0.15) is 6.10 Å². The standard InChI is InChI=1S/C15H20O4/c1-8-9-6-12-14(2,19-12)5-4-11-15(3,18-11)7-10(9)17-13(8)16/h10-12H,4-7H2,1-3H3/t10-,11+,12-,14-,15-/m0/s1. The van der Waals surface area contributed by atoms with E-state index < -0.39 is 0 Å². The van der Waals surface area contributed by atoms with Crippen LogP contribution in [0.5, 0.6) is 0 Å². The smallest absolute Gasteiger partial charge is 0.334 e. The molecule has 0 unspecified atom stereocenters. The number of hydrogen-bond donors (Lipinski definition) is 0. The normalized spacial score (nSPS) is 51.9. The van der Waals surface area contributed by atoms with Gasteiger partial charge in [-0.25, -0.2) is 4.79 Å². The molecule has 1 saturated carbocycles. The average molecular weight is 264 g/mol. The molecule has 4 nitrogen and oxygen atoms in total. The maximum atomic E-state index is 11.8. The molecule has 0 aromatic heterocycles. The molecule has 0 aromatic carbocycles. The highest BCUT2D eigenvalue weighted by Gasteiger charge is 2.60. The van der Waals surface area contributed by atoms with Crippen molar-refractivity contribution >= 4 is 5.97 Å². The topological polar surface area (TPSA) is 51.4 Å². The molecule has 2 saturated heterocycles. The van der Waals surface area contributed by atoms with E-state index in [0.717, 1.165) is 36.8 Å². The van der Waals surface area contributed by atoms with Crippen LogP contribution in [0.15, 0.2) is 11.1 Å². The molecule has 4 rings (SSSR count). The average Bonchev–Trinajstić information content (AvgIpc) is 3.15. The summed E-state index contributed by atoms with van der Waals surface area (Å²) in [5, 5.41) is 0. The van der Waals surface area contributed by atoms with Gasteiger partial charge in [-0.2, -0.15) is 0 Å². The van der Waals surface area contributed by atoms with Gasteiger partial charge in [0.2, 0.25) is 0 Å². The molecule has 5 atom stereocenters. The lowest BCUT2D eigenvalue weighted by Crippen LogP contribution is -2.25. The zero-order chi connectivity index (χ0) is 13.4. The predicted octanol–water partition coefficient (Wildman–Crippen LogP) is 2.12. The molecular formula is C15H20O4. The van der Waals surface area contributed by atoms with E-state index in [1.165, 1.54) is 0 Å². The molecule has 1 aliphatic carbocycles. The first-order chi connectivity index (χ1) is 8.91. The molecule has 4 aliphatic rings. The van der Waals surface area contributed by atoms with Gasteiger partial charge in [-0.15, -0.1) is 0 Å². The summed E-state index contributed by atoms with van der Waals surface area (Å²) in [7, 11) is 0. The molecule has 0 radical (unpaired) electrons. The maximum Gasteiger partial charge on any atom is 0.334 e. The van der Waals surface area contributed by atoms with Crippen LogP contribution >= 0.6 is 0 Å². The second-order valence-electron chi connectivity index (χ2n) is 6.83. The number of carbonyl (C=O) groups is 1. The van der Waals surface area contributed by atoms with E-state index in [4.69, 9.17) is 14.2 Å². The van der Waals surface area contributed by atoms with Crippen molar-refractivity contribution in [2.75, 3.05) is 0 Å². The maximum absolute atomic E-state index is 11.8. The van der Waals surface area contributed by atoms with Gasteiger partial charge in [-0.3, -0.25) is 0 Å². The minimum Gasteiger partial charge on any atom is -0.454 e. The summed E-state index contributed by atoms with van der Waals surface area (Å²) < 4.78 is 17.3. The zero-order valence-corrected chi connectivity index (χ0v) is 11.7. The third-order valence-electron chi connectivity index (χ3n) is 5.40.